The zero-order valence-electron chi connectivity index (χ0n) is 11.0. The third kappa shape index (κ3) is 1.72. The molecule has 0 unspecified atom stereocenters. The third-order valence-corrected chi connectivity index (χ3v) is 3.93. The molecule has 1 aromatic carbocycles. The molecule has 0 amide bonds. The lowest BCUT2D eigenvalue weighted by molar-refractivity contribution is 0.631. The number of fused-ring (bicyclic) bond motifs is 3. The number of aromatic nitrogens is 3. The van der Waals surface area contributed by atoms with Crippen molar-refractivity contribution < 1.29 is 4.39 Å². The van der Waals surface area contributed by atoms with Crippen molar-refractivity contribution >= 4 is 5.65 Å². The Morgan fingerprint density at radius 1 is 1.10 bits per heavy atom. The molecule has 0 radical (unpaired) electrons. The van der Waals surface area contributed by atoms with Crippen molar-refractivity contribution in [1.29, 1.82) is 0 Å². The Hall–Kier alpha value is -2.23. The van der Waals surface area contributed by atoms with Crippen molar-refractivity contribution in [3.8, 4) is 11.3 Å². The monoisotopic (exact) mass is 267 g/mol. The van der Waals surface area contributed by atoms with E-state index in [2.05, 4.69) is 9.97 Å². The summed E-state index contributed by atoms with van der Waals surface area (Å²) in [5, 5.41) is 0. The first-order valence-corrected chi connectivity index (χ1v) is 6.93. The average Bonchev–Trinajstić information content (AvgIpc) is 2.92. The molecule has 0 bridgehead atoms. The van der Waals surface area contributed by atoms with Gasteiger partial charge in [-0.3, -0.25) is 4.40 Å². The number of rotatable bonds is 1. The third-order valence-electron chi connectivity index (χ3n) is 3.93. The lowest BCUT2D eigenvalue weighted by Crippen LogP contribution is -2.07. The van der Waals surface area contributed by atoms with E-state index in [9.17, 15) is 4.39 Å². The Balaban J connectivity index is 1.93. The van der Waals surface area contributed by atoms with Crippen LogP contribution in [-0.2, 0) is 12.8 Å². The van der Waals surface area contributed by atoms with Crippen LogP contribution in [0.15, 0.2) is 36.8 Å². The predicted molar refractivity (Wildman–Crippen MR) is 75.0 cm³/mol. The highest BCUT2D eigenvalue weighted by Gasteiger charge is 2.17. The fourth-order valence-electron chi connectivity index (χ4n) is 2.91. The first-order chi connectivity index (χ1) is 9.83. The highest BCUT2D eigenvalue weighted by molar-refractivity contribution is 5.65. The first kappa shape index (κ1) is 11.6. The van der Waals surface area contributed by atoms with Crippen molar-refractivity contribution in [3.05, 3.63) is 53.9 Å². The molecule has 3 aromatic rings. The predicted octanol–water partition coefficient (Wildman–Crippen LogP) is 3.41. The number of hydrogen-bond donors (Lipinski definition) is 0. The maximum absolute atomic E-state index is 13.9. The fraction of sp³-hybridized carbons (Fsp3) is 0.250. The molecule has 2 heterocycles. The highest BCUT2D eigenvalue weighted by atomic mass is 19.1. The normalized spacial score (nSPS) is 14.4. The number of nitrogens with zero attached hydrogens (tertiary/aromatic N) is 3. The van der Waals surface area contributed by atoms with Gasteiger partial charge >= 0.3 is 0 Å². The van der Waals surface area contributed by atoms with Gasteiger partial charge in [0.1, 0.15) is 17.8 Å². The van der Waals surface area contributed by atoms with Crippen LogP contribution in [0.2, 0.25) is 0 Å². The van der Waals surface area contributed by atoms with Gasteiger partial charge in [-0.05, 0) is 37.8 Å². The van der Waals surface area contributed by atoms with Crippen LogP contribution in [0.1, 0.15) is 24.1 Å². The van der Waals surface area contributed by atoms with Crippen LogP contribution >= 0.6 is 0 Å². The fourth-order valence-corrected chi connectivity index (χ4v) is 2.91. The Kier molecular flexibility index (Phi) is 2.55. The molecule has 4 heteroatoms. The maximum atomic E-state index is 13.9. The molecule has 0 saturated heterocycles. The van der Waals surface area contributed by atoms with E-state index in [1.54, 1.807) is 18.5 Å². The van der Waals surface area contributed by atoms with Crippen molar-refractivity contribution in [1.82, 2.24) is 14.4 Å². The van der Waals surface area contributed by atoms with Crippen molar-refractivity contribution in [3.63, 3.8) is 0 Å². The van der Waals surface area contributed by atoms with E-state index in [4.69, 9.17) is 0 Å². The molecule has 0 aliphatic heterocycles. The van der Waals surface area contributed by atoms with E-state index in [0.717, 1.165) is 24.2 Å². The van der Waals surface area contributed by atoms with Crippen LogP contribution in [0.5, 0.6) is 0 Å². The molecule has 2 aromatic heterocycles. The zero-order chi connectivity index (χ0) is 13.5. The van der Waals surface area contributed by atoms with Gasteiger partial charge in [0.05, 0.1) is 5.69 Å². The van der Waals surface area contributed by atoms with Gasteiger partial charge in [-0.2, -0.15) is 0 Å². The Labute approximate surface area is 116 Å². The molecule has 0 atom stereocenters. The average molecular weight is 267 g/mol. The zero-order valence-corrected chi connectivity index (χ0v) is 11.0. The van der Waals surface area contributed by atoms with Crippen LogP contribution in [0.25, 0.3) is 16.9 Å². The number of imidazole rings is 1. The molecule has 3 nitrogen and oxygen atoms in total. The summed E-state index contributed by atoms with van der Waals surface area (Å²) in [6.45, 7) is 0. The minimum Gasteiger partial charge on any atom is -0.290 e. The Bertz CT molecular complexity index is 792. The van der Waals surface area contributed by atoms with Crippen molar-refractivity contribution in [2.75, 3.05) is 0 Å². The molecule has 4 rings (SSSR count). The molecule has 0 fully saturated rings. The number of benzene rings is 1. The molecular weight excluding hydrogens is 253 g/mol. The second-order valence-electron chi connectivity index (χ2n) is 5.21. The lowest BCUT2D eigenvalue weighted by atomic mass is 9.97. The molecule has 100 valence electrons. The van der Waals surface area contributed by atoms with E-state index in [0.29, 0.717) is 11.3 Å². The van der Waals surface area contributed by atoms with E-state index in [1.165, 1.54) is 24.5 Å². The highest BCUT2D eigenvalue weighted by Crippen LogP contribution is 2.27. The molecule has 1 aliphatic carbocycles. The minimum absolute atomic E-state index is 0.238. The summed E-state index contributed by atoms with van der Waals surface area (Å²) < 4.78 is 15.8. The summed E-state index contributed by atoms with van der Waals surface area (Å²) >= 11 is 0. The Morgan fingerprint density at radius 3 is 2.85 bits per heavy atom. The summed E-state index contributed by atoms with van der Waals surface area (Å²) in [7, 11) is 0. The summed E-state index contributed by atoms with van der Waals surface area (Å²) in [5.41, 5.74) is 4.51. The van der Waals surface area contributed by atoms with Gasteiger partial charge in [0.15, 0.2) is 0 Å². The smallest absolute Gasteiger partial charge is 0.143 e. The van der Waals surface area contributed by atoms with Crippen LogP contribution in [0.3, 0.4) is 0 Å². The molecule has 0 N–H and O–H groups in total. The summed E-state index contributed by atoms with van der Waals surface area (Å²) in [6, 6.07) is 6.75. The molecular formula is C16H14FN3. The van der Waals surface area contributed by atoms with Crippen LogP contribution in [0, 0.1) is 5.82 Å². The number of halogens is 1. The van der Waals surface area contributed by atoms with Crippen molar-refractivity contribution in [2.45, 2.75) is 25.7 Å². The van der Waals surface area contributed by atoms with E-state index in [1.807, 2.05) is 16.7 Å². The summed E-state index contributed by atoms with van der Waals surface area (Å²) in [6.07, 6.45) is 8.05. The number of hydrogen-bond acceptors (Lipinski definition) is 2. The minimum atomic E-state index is -0.238. The topological polar surface area (TPSA) is 30.2 Å². The van der Waals surface area contributed by atoms with Gasteiger partial charge in [-0.15, -0.1) is 0 Å². The Morgan fingerprint density at radius 2 is 1.95 bits per heavy atom. The van der Waals surface area contributed by atoms with Gasteiger partial charge < -0.3 is 0 Å². The maximum Gasteiger partial charge on any atom is 0.143 e. The summed E-state index contributed by atoms with van der Waals surface area (Å²) in [5.74, 6) is -0.238. The first-order valence-electron chi connectivity index (χ1n) is 6.93. The standard InChI is InChI=1S/C16H14FN3/c17-13-7-3-1-5-11(13)15-9-20-10-18-14-8-4-2-6-12(14)16(20)19-15/h1,3,5,7,9-10H,2,4,6,8H2. The van der Waals surface area contributed by atoms with Gasteiger partial charge in [0.25, 0.3) is 0 Å². The number of aryl methyl sites for hydroxylation is 2. The van der Waals surface area contributed by atoms with Crippen LogP contribution in [-0.4, -0.2) is 14.4 Å². The van der Waals surface area contributed by atoms with Gasteiger partial charge in [0.2, 0.25) is 0 Å². The van der Waals surface area contributed by atoms with Crippen molar-refractivity contribution in [2.24, 2.45) is 0 Å². The van der Waals surface area contributed by atoms with E-state index < -0.39 is 0 Å². The largest absolute Gasteiger partial charge is 0.290 e. The van der Waals surface area contributed by atoms with Crippen LogP contribution in [0.4, 0.5) is 4.39 Å². The molecule has 1 aliphatic rings. The van der Waals surface area contributed by atoms with Gasteiger partial charge in [0, 0.05) is 23.0 Å². The quantitative estimate of drug-likeness (QED) is 0.676. The second-order valence-corrected chi connectivity index (χ2v) is 5.21. The van der Waals surface area contributed by atoms with Gasteiger partial charge in [-0.25, -0.2) is 14.4 Å². The molecule has 20 heavy (non-hydrogen) atoms. The van der Waals surface area contributed by atoms with Gasteiger partial charge in [-0.1, -0.05) is 12.1 Å². The van der Waals surface area contributed by atoms with E-state index >= 15 is 0 Å². The van der Waals surface area contributed by atoms with Crippen LogP contribution < -0.4 is 0 Å². The SMILES string of the molecule is Fc1ccccc1-c1cn2cnc3c(c2n1)CCCC3. The van der Waals surface area contributed by atoms with E-state index in [-0.39, 0.29) is 5.82 Å². The molecule has 0 saturated carbocycles. The lowest BCUT2D eigenvalue weighted by Gasteiger charge is -2.14. The second kappa shape index (κ2) is 4.40. The molecule has 0 spiro atoms. The summed E-state index contributed by atoms with van der Waals surface area (Å²) in [4.78, 5) is 9.15.